The van der Waals surface area contributed by atoms with Gasteiger partial charge >= 0.3 is 0 Å². The molecule has 27 heavy (non-hydrogen) atoms. The average Bonchev–Trinajstić information content (AvgIpc) is 3.16. The SMILES string of the molecule is CC1(C)CO[C@]2(CC[C@@H](c3c(CNCCN)nn4c3CC(F)(F)C4)CC2)C1. The highest BCUT2D eigenvalue weighted by atomic mass is 19.3. The minimum Gasteiger partial charge on any atom is -0.374 e. The van der Waals surface area contributed by atoms with Gasteiger partial charge in [0.2, 0.25) is 0 Å². The van der Waals surface area contributed by atoms with Crippen molar-refractivity contribution in [2.45, 2.75) is 82.9 Å². The fourth-order valence-electron chi connectivity index (χ4n) is 5.39. The lowest BCUT2D eigenvalue weighted by Crippen LogP contribution is -2.34. The van der Waals surface area contributed by atoms with Gasteiger partial charge in [0.25, 0.3) is 5.92 Å². The molecule has 0 amide bonds. The fraction of sp³-hybridized carbons (Fsp3) is 0.850. The van der Waals surface area contributed by atoms with Crippen LogP contribution in [-0.2, 0) is 24.2 Å². The Labute approximate surface area is 160 Å². The Morgan fingerprint density at radius 2 is 2.04 bits per heavy atom. The highest BCUT2D eigenvalue weighted by molar-refractivity contribution is 5.34. The van der Waals surface area contributed by atoms with Crippen LogP contribution in [0.15, 0.2) is 0 Å². The summed E-state index contributed by atoms with van der Waals surface area (Å²) in [6.07, 6.45) is 4.92. The van der Waals surface area contributed by atoms with E-state index in [1.807, 2.05) is 0 Å². The molecule has 2 fully saturated rings. The number of aromatic nitrogens is 2. The van der Waals surface area contributed by atoms with E-state index in [0.717, 1.165) is 55.7 Å². The molecule has 1 aliphatic carbocycles. The van der Waals surface area contributed by atoms with E-state index >= 15 is 0 Å². The molecule has 5 nitrogen and oxygen atoms in total. The quantitative estimate of drug-likeness (QED) is 0.769. The van der Waals surface area contributed by atoms with Gasteiger partial charge in [-0.25, -0.2) is 8.78 Å². The predicted octanol–water partition coefficient (Wildman–Crippen LogP) is 2.97. The van der Waals surface area contributed by atoms with Crippen LogP contribution in [0.1, 0.15) is 68.8 Å². The van der Waals surface area contributed by atoms with E-state index in [-0.39, 0.29) is 24.0 Å². The lowest BCUT2D eigenvalue weighted by atomic mass is 9.71. The molecule has 1 spiro atoms. The molecule has 2 aliphatic heterocycles. The minimum atomic E-state index is -2.67. The molecule has 0 bridgehead atoms. The standard InChI is InChI=1S/C20H32F2N4O/c1-18(2)11-19(27-13-18)5-3-14(4-6-19)17-15(10-24-8-7-23)25-26-12-20(21,22)9-16(17)26/h14,24H,3-13,23H2,1-2H3/t14-,19+. The van der Waals surface area contributed by atoms with Crippen LogP contribution in [0.3, 0.4) is 0 Å². The molecule has 4 rings (SSSR count). The van der Waals surface area contributed by atoms with Gasteiger partial charge < -0.3 is 15.8 Å². The third kappa shape index (κ3) is 3.78. The lowest BCUT2D eigenvalue weighted by Gasteiger charge is -2.37. The average molecular weight is 382 g/mol. The van der Waals surface area contributed by atoms with E-state index in [0.29, 0.717) is 25.6 Å². The minimum absolute atomic E-state index is 0.00175. The van der Waals surface area contributed by atoms with E-state index in [2.05, 4.69) is 24.3 Å². The van der Waals surface area contributed by atoms with Gasteiger partial charge in [-0.15, -0.1) is 0 Å². The van der Waals surface area contributed by atoms with Crippen molar-refractivity contribution in [1.29, 1.82) is 0 Å². The molecule has 1 saturated carbocycles. The maximum absolute atomic E-state index is 14.0. The Morgan fingerprint density at radius 1 is 1.30 bits per heavy atom. The first kappa shape index (κ1) is 19.3. The zero-order valence-corrected chi connectivity index (χ0v) is 16.5. The molecule has 1 aromatic rings. The number of fused-ring (bicyclic) bond motifs is 1. The van der Waals surface area contributed by atoms with Crippen molar-refractivity contribution < 1.29 is 13.5 Å². The van der Waals surface area contributed by atoms with Crippen LogP contribution in [0, 0.1) is 5.41 Å². The second-order valence-electron chi connectivity index (χ2n) is 9.55. The van der Waals surface area contributed by atoms with E-state index in [1.165, 1.54) is 0 Å². The molecule has 152 valence electrons. The second kappa shape index (κ2) is 6.78. The predicted molar refractivity (Wildman–Crippen MR) is 99.9 cm³/mol. The summed E-state index contributed by atoms with van der Waals surface area (Å²) in [5.41, 5.74) is 8.56. The van der Waals surface area contributed by atoms with Gasteiger partial charge in [0, 0.05) is 30.9 Å². The normalized spacial score (nSPS) is 31.5. The van der Waals surface area contributed by atoms with Crippen molar-refractivity contribution in [3.8, 4) is 0 Å². The summed E-state index contributed by atoms with van der Waals surface area (Å²) in [7, 11) is 0. The van der Waals surface area contributed by atoms with Crippen LogP contribution >= 0.6 is 0 Å². The van der Waals surface area contributed by atoms with Crippen LogP contribution < -0.4 is 11.1 Å². The molecule has 0 radical (unpaired) electrons. The topological polar surface area (TPSA) is 65.1 Å². The molecule has 0 unspecified atom stereocenters. The number of hydrogen-bond donors (Lipinski definition) is 2. The summed E-state index contributed by atoms with van der Waals surface area (Å²) in [4.78, 5) is 0. The second-order valence-corrected chi connectivity index (χ2v) is 9.55. The monoisotopic (exact) mass is 382 g/mol. The smallest absolute Gasteiger partial charge is 0.272 e. The number of hydrogen-bond acceptors (Lipinski definition) is 4. The number of nitrogens with zero attached hydrogens (tertiary/aromatic N) is 2. The summed E-state index contributed by atoms with van der Waals surface area (Å²) in [6, 6.07) is 0. The summed E-state index contributed by atoms with van der Waals surface area (Å²) in [5.74, 6) is -2.37. The van der Waals surface area contributed by atoms with Crippen molar-refractivity contribution in [1.82, 2.24) is 15.1 Å². The molecule has 0 aromatic carbocycles. The number of halogens is 2. The first-order valence-electron chi connectivity index (χ1n) is 10.2. The van der Waals surface area contributed by atoms with Crippen molar-refractivity contribution in [3.63, 3.8) is 0 Å². The number of ether oxygens (including phenoxy) is 1. The number of nitrogens with one attached hydrogen (secondary N) is 1. The molecular formula is C20H32F2N4O. The van der Waals surface area contributed by atoms with Crippen LogP contribution in [0.25, 0.3) is 0 Å². The van der Waals surface area contributed by atoms with Gasteiger partial charge in [0.1, 0.15) is 6.54 Å². The Bertz CT molecular complexity index is 692. The molecule has 3 heterocycles. The van der Waals surface area contributed by atoms with Gasteiger partial charge in [-0.3, -0.25) is 4.68 Å². The van der Waals surface area contributed by atoms with Crippen LogP contribution in [-0.4, -0.2) is 41.0 Å². The van der Waals surface area contributed by atoms with Gasteiger partial charge in [-0.2, -0.15) is 5.10 Å². The Kier molecular flexibility index (Phi) is 4.84. The van der Waals surface area contributed by atoms with Crippen molar-refractivity contribution in [2.24, 2.45) is 11.1 Å². The molecule has 1 aromatic heterocycles. The zero-order chi connectivity index (χ0) is 19.3. The van der Waals surface area contributed by atoms with Gasteiger partial charge in [-0.1, -0.05) is 13.8 Å². The molecule has 1 saturated heterocycles. The summed E-state index contributed by atoms with van der Waals surface area (Å²) in [5, 5.41) is 7.83. The maximum atomic E-state index is 14.0. The van der Waals surface area contributed by atoms with Crippen molar-refractivity contribution in [2.75, 3.05) is 19.7 Å². The van der Waals surface area contributed by atoms with E-state index in [4.69, 9.17) is 10.5 Å². The Balaban J connectivity index is 1.53. The molecule has 7 heteroatoms. The lowest BCUT2D eigenvalue weighted by molar-refractivity contribution is -0.0295. The largest absolute Gasteiger partial charge is 0.374 e. The molecule has 0 atom stereocenters. The van der Waals surface area contributed by atoms with Crippen LogP contribution in [0.2, 0.25) is 0 Å². The van der Waals surface area contributed by atoms with E-state index < -0.39 is 5.92 Å². The fourth-order valence-corrected chi connectivity index (χ4v) is 5.39. The van der Waals surface area contributed by atoms with Gasteiger partial charge in [0.15, 0.2) is 0 Å². The number of rotatable bonds is 5. The van der Waals surface area contributed by atoms with Crippen LogP contribution in [0.4, 0.5) is 8.78 Å². The molecule has 3 N–H and O–H groups in total. The van der Waals surface area contributed by atoms with E-state index in [9.17, 15) is 8.78 Å². The molecule has 3 aliphatic rings. The highest BCUT2D eigenvalue weighted by Gasteiger charge is 2.48. The molecular weight excluding hydrogens is 350 g/mol. The zero-order valence-electron chi connectivity index (χ0n) is 16.5. The first-order valence-corrected chi connectivity index (χ1v) is 10.2. The summed E-state index contributed by atoms with van der Waals surface area (Å²) >= 11 is 0. The van der Waals surface area contributed by atoms with Crippen molar-refractivity contribution >= 4 is 0 Å². The Hall–Kier alpha value is -1.05. The third-order valence-corrected chi connectivity index (χ3v) is 6.47. The van der Waals surface area contributed by atoms with E-state index in [1.54, 1.807) is 4.68 Å². The van der Waals surface area contributed by atoms with Crippen LogP contribution in [0.5, 0.6) is 0 Å². The van der Waals surface area contributed by atoms with Gasteiger partial charge in [0.05, 0.1) is 24.3 Å². The van der Waals surface area contributed by atoms with Gasteiger partial charge in [-0.05, 0) is 43.4 Å². The number of nitrogens with two attached hydrogens (primary N) is 1. The highest BCUT2D eigenvalue weighted by Crippen LogP contribution is 2.51. The first-order chi connectivity index (χ1) is 12.7. The van der Waals surface area contributed by atoms with Crippen molar-refractivity contribution in [3.05, 3.63) is 17.0 Å². The Morgan fingerprint density at radius 3 is 2.67 bits per heavy atom. The summed E-state index contributed by atoms with van der Waals surface area (Å²) in [6.45, 7) is 6.92. The number of alkyl halides is 2. The summed E-state index contributed by atoms with van der Waals surface area (Å²) < 4.78 is 35.7. The maximum Gasteiger partial charge on any atom is 0.272 e. The third-order valence-electron chi connectivity index (χ3n) is 6.47.